The molecule has 3 aromatic rings. The van der Waals surface area contributed by atoms with Crippen LogP contribution in [-0.2, 0) is 4.74 Å². The first-order chi connectivity index (χ1) is 16.4. The van der Waals surface area contributed by atoms with E-state index in [-0.39, 0.29) is 11.9 Å². The van der Waals surface area contributed by atoms with Crippen LogP contribution in [0.15, 0.2) is 36.5 Å². The second kappa shape index (κ2) is 9.13. The maximum Gasteiger partial charge on any atom is 0.253 e. The smallest absolute Gasteiger partial charge is 0.253 e. The van der Waals surface area contributed by atoms with E-state index in [9.17, 15) is 13.6 Å². The lowest BCUT2D eigenvalue weighted by Crippen LogP contribution is -2.36. The Labute approximate surface area is 196 Å². The van der Waals surface area contributed by atoms with Gasteiger partial charge in [-0.25, -0.2) is 13.8 Å². The number of aromatic nitrogens is 2. The number of amides is 1. The first-order valence-electron chi connectivity index (χ1n) is 11.5. The Morgan fingerprint density at radius 2 is 1.79 bits per heavy atom. The highest BCUT2D eigenvalue weighted by Crippen LogP contribution is 2.39. The third-order valence-electron chi connectivity index (χ3n) is 6.44. The number of ether oxygens (including phenoxy) is 1. The number of benzene rings is 2. The summed E-state index contributed by atoms with van der Waals surface area (Å²) in [6, 6.07) is 7.01. The van der Waals surface area contributed by atoms with Crippen LogP contribution >= 0.6 is 0 Å². The molecule has 2 aliphatic rings. The van der Waals surface area contributed by atoms with Crippen molar-refractivity contribution in [3.63, 3.8) is 0 Å². The predicted octanol–water partition coefficient (Wildman–Crippen LogP) is 3.79. The van der Waals surface area contributed by atoms with Gasteiger partial charge in [-0.3, -0.25) is 9.78 Å². The number of carbonyl (C=O) groups is 1. The van der Waals surface area contributed by atoms with Crippen molar-refractivity contribution in [1.29, 1.82) is 0 Å². The van der Waals surface area contributed by atoms with Crippen LogP contribution in [0.3, 0.4) is 0 Å². The van der Waals surface area contributed by atoms with Crippen LogP contribution in [0.1, 0.15) is 34.8 Å². The van der Waals surface area contributed by atoms with Crippen molar-refractivity contribution < 1.29 is 18.3 Å². The minimum absolute atomic E-state index is 0.136. The number of hydrogen-bond donors (Lipinski definition) is 0. The number of nitrogens with zero attached hydrogens (tertiary/aromatic N) is 5. The molecule has 1 aromatic heterocycles. The van der Waals surface area contributed by atoms with Gasteiger partial charge in [-0.1, -0.05) is 0 Å². The van der Waals surface area contributed by atoms with Crippen LogP contribution in [0.2, 0.25) is 0 Å². The molecule has 0 spiro atoms. The first-order valence-corrected chi connectivity index (χ1v) is 11.5. The van der Waals surface area contributed by atoms with Gasteiger partial charge in [0.1, 0.15) is 17.5 Å². The molecule has 2 fully saturated rings. The molecule has 1 atom stereocenters. The molecule has 2 aliphatic heterocycles. The van der Waals surface area contributed by atoms with E-state index in [2.05, 4.69) is 9.88 Å². The van der Waals surface area contributed by atoms with Crippen LogP contribution in [0, 0.1) is 11.6 Å². The normalized spacial score (nSPS) is 18.5. The molecular weight excluding hydrogens is 440 g/mol. The van der Waals surface area contributed by atoms with Gasteiger partial charge in [-0.2, -0.15) is 0 Å². The van der Waals surface area contributed by atoms with Gasteiger partial charge in [0, 0.05) is 56.6 Å². The molecule has 1 amide bonds. The van der Waals surface area contributed by atoms with E-state index in [0.717, 1.165) is 43.4 Å². The van der Waals surface area contributed by atoms with Gasteiger partial charge in [0.15, 0.2) is 0 Å². The number of carbonyl (C=O) groups excluding carboxylic acids is 1. The van der Waals surface area contributed by atoms with E-state index in [1.165, 1.54) is 17.0 Å². The molecule has 3 heterocycles. The van der Waals surface area contributed by atoms with Gasteiger partial charge in [-0.15, -0.1) is 0 Å². The Morgan fingerprint density at radius 3 is 2.50 bits per heavy atom. The highest BCUT2D eigenvalue weighted by molar-refractivity contribution is 5.98. The average molecular weight is 468 g/mol. The summed E-state index contributed by atoms with van der Waals surface area (Å²) in [4.78, 5) is 28.1. The maximum absolute atomic E-state index is 14.0. The van der Waals surface area contributed by atoms with E-state index in [1.54, 1.807) is 26.4 Å². The third kappa shape index (κ3) is 4.27. The SMILES string of the molecule is CN(C)C(=O)c1cc(C2CCCN2c2cc(F)cc(F)c2)c2nc(N3CCOCC3)cnc2c1. The van der Waals surface area contributed by atoms with Crippen LogP contribution in [0.4, 0.5) is 20.3 Å². The number of anilines is 2. The second-order valence-electron chi connectivity index (χ2n) is 8.94. The van der Waals surface area contributed by atoms with Gasteiger partial charge >= 0.3 is 0 Å². The van der Waals surface area contributed by atoms with Gasteiger partial charge in [-0.05, 0) is 37.1 Å². The van der Waals surface area contributed by atoms with Crippen molar-refractivity contribution >= 4 is 28.4 Å². The monoisotopic (exact) mass is 467 g/mol. The van der Waals surface area contributed by atoms with E-state index in [4.69, 9.17) is 9.72 Å². The quantitative estimate of drug-likeness (QED) is 0.582. The summed E-state index contributed by atoms with van der Waals surface area (Å²) in [6.45, 7) is 3.36. The van der Waals surface area contributed by atoms with Gasteiger partial charge in [0.05, 0.1) is 36.5 Å². The molecule has 9 heteroatoms. The predicted molar refractivity (Wildman–Crippen MR) is 126 cm³/mol. The van der Waals surface area contributed by atoms with Crippen molar-refractivity contribution in [3.05, 3.63) is 59.3 Å². The van der Waals surface area contributed by atoms with E-state index >= 15 is 0 Å². The maximum atomic E-state index is 14.0. The summed E-state index contributed by atoms with van der Waals surface area (Å²) < 4.78 is 33.5. The van der Waals surface area contributed by atoms with E-state index in [1.807, 2.05) is 11.0 Å². The fourth-order valence-electron chi connectivity index (χ4n) is 4.82. The van der Waals surface area contributed by atoms with Crippen LogP contribution in [-0.4, -0.2) is 67.7 Å². The summed E-state index contributed by atoms with van der Waals surface area (Å²) >= 11 is 0. The molecule has 0 saturated carbocycles. The fraction of sp³-hybridized carbons (Fsp3) is 0.400. The Morgan fingerprint density at radius 1 is 1.06 bits per heavy atom. The Kier molecular flexibility index (Phi) is 6.03. The standard InChI is InChI=1S/C25H27F2N5O2/c1-30(2)25(33)16-10-20(22-4-3-5-32(22)19-13-17(26)12-18(27)14-19)24-21(11-16)28-15-23(29-24)31-6-8-34-9-7-31/h10-15,22H,3-9H2,1-2H3. The number of fused-ring (bicyclic) bond motifs is 1. The molecule has 2 saturated heterocycles. The van der Waals surface area contributed by atoms with E-state index in [0.29, 0.717) is 42.0 Å². The zero-order valence-corrected chi connectivity index (χ0v) is 19.3. The summed E-state index contributed by atoms with van der Waals surface area (Å²) in [7, 11) is 3.41. The summed E-state index contributed by atoms with van der Waals surface area (Å²) in [5.74, 6) is -0.610. The Bertz CT molecular complexity index is 1210. The zero-order valence-electron chi connectivity index (χ0n) is 19.3. The van der Waals surface area contributed by atoms with Crippen molar-refractivity contribution in [1.82, 2.24) is 14.9 Å². The fourth-order valence-corrected chi connectivity index (χ4v) is 4.82. The molecule has 0 radical (unpaired) electrons. The lowest BCUT2D eigenvalue weighted by atomic mass is 9.98. The Balaban J connectivity index is 1.64. The molecule has 178 valence electrons. The Hall–Kier alpha value is -3.33. The van der Waals surface area contributed by atoms with Gasteiger partial charge in [0.25, 0.3) is 5.91 Å². The number of morpholine rings is 1. The van der Waals surface area contributed by atoms with Crippen LogP contribution in [0.5, 0.6) is 0 Å². The molecule has 5 rings (SSSR count). The number of hydrogen-bond acceptors (Lipinski definition) is 6. The minimum Gasteiger partial charge on any atom is -0.378 e. The summed E-state index contributed by atoms with van der Waals surface area (Å²) in [5, 5.41) is 0. The van der Waals surface area contributed by atoms with Gasteiger partial charge < -0.3 is 19.4 Å². The molecule has 7 nitrogen and oxygen atoms in total. The van der Waals surface area contributed by atoms with Crippen molar-refractivity contribution in [2.24, 2.45) is 0 Å². The topological polar surface area (TPSA) is 61.8 Å². The summed E-state index contributed by atoms with van der Waals surface area (Å²) in [6.07, 6.45) is 3.36. The molecular formula is C25H27F2N5O2. The summed E-state index contributed by atoms with van der Waals surface area (Å²) in [5.41, 5.74) is 3.16. The highest BCUT2D eigenvalue weighted by atomic mass is 19.1. The highest BCUT2D eigenvalue weighted by Gasteiger charge is 2.30. The van der Waals surface area contributed by atoms with Crippen molar-refractivity contribution in [2.45, 2.75) is 18.9 Å². The minimum atomic E-state index is -0.614. The average Bonchev–Trinajstić information content (AvgIpc) is 3.32. The molecule has 2 aromatic carbocycles. The van der Waals surface area contributed by atoms with Crippen LogP contribution in [0.25, 0.3) is 11.0 Å². The third-order valence-corrected chi connectivity index (χ3v) is 6.44. The number of rotatable bonds is 4. The number of halogens is 2. The van der Waals surface area contributed by atoms with Crippen LogP contribution < -0.4 is 9.80 Å². The van der Waals surface area contributed by atoms with Gasteiger partial charge in [0.2, 0.25) is 0 Å². The van der Waals surface area contributed by atoms with Crippen molar-refractivity contribution in [2.75, 3.05) is 56.7 Å². The molecule has 1 unspecified atom stereocenters. The lowest BCUT2D eigenvalue weighted by molar-refractivity contribution is 0.0827. The molecule has 0 N–H and O–H groups in total. The molecule has 0 bridgehead atoms. The molecule has 0 aliphatic carbocycles. The largest absolute Gasteiger partial charge is 0.378 e. The zero-order chi connectivity index (χ0) is 23.8. The van der Waals surface area contributed by atoms with Crippen molar-refractivity contribution in [3.8, 4) is 0 Å². The lowest BCUT2D eigenvalue weighted by Gasteiger charge is -2.30. The first kappa shape index (κ1) is 22.5. The second-order valence-corrected chi connectivity index (χ2v) is 8.94. The van der Waals surface area contributed by atoms with E-state index < -0.39 is 11.6 Å². The molecule has 34 heavy (non-hydrogen) atoms.